The first-order valence-electron chi connectivity index (χ1n) is 9.14. The third-order valence-electron chi connectivity index (χ3n) is 4.35. The summed E-state index contributed by atoms with van der Waals surface area (Å²) in [5.74, 6) is 0.146. The Morgan fingerprint density at radius 3 is 2.70 bits per heavy atom. The van der Waals surface area contributed by atoms with Gasteiger partial charge < -0.3 is 15.8 Å². The van der Waals surface area contributed by atoms with Crippen LogP contribution in [0, 0.1) is 5.82 Å². The topological polar surface area (TPSA) is 90.1 Å². The number of nitrogens with zero attached hydrogens (tertiary/aromatic N) is 2. The third-order valence-corrected chi connectivity index (χ3v) is 4.35. The number of methoxy groups -OCH3 is 1. The highest BCUT2D eigenvalue weighted by Gasteiger charge is 2.15. The average molecular weight is 404 g/mol. The number of nitrogens with one attached hydrogen (secondary N) is 1. The zero-order valence-electron chi connectivity index (χ0n) is 16.6. The molecule has 3 aromatic rings. The molecule has 3 rings (SSSR count). The second kappa shape index (κ2) is 9.00. The largest absolute Gasteiger partial charge is 0.497 e. The van der Waals surface area contributed by atoms with Crippen LogP contribution >= 0.6 is 0 Å². The van der Waals surface area contributed by atoms with Crippen LogP contribution in [0.15, 0.2) is 67.3 Å². The summed E-state index contributed by atoms with van der Waals surface area (Å²) in [6, 6.07) is 9.13. The second-order valence-electron chi connectivity index (χ2n) is 6.31. The molecule has 0 bridgehead atoms. The number of nitrogens with two attached hydrogens (primary N) is 1. The van der Waals surface area contributed by atoms with Crippen LogP contribution in [0.5, 0.6) is 5.75 Å². The van der Waals surface area contributed by atoms with Gasteiger partial charge in [-0.1, -0.05) is 30.9 Å². The molecule has 1 heterocycles. The van der Waals surface area contributed by atoms with Gasteiger partial charge in [0.15, 0.2) is 5.82 Å². The Morgan fingerprint density at radius 2 is 2.03 bits per heavy atom. The molecule has 0 fully saturated rings. The molecule has 0 saturated heterocycles. The standard InChI is InChI=1S/C23H21FN4O2/c1-4-6-7-14(5-2)22-26-20-11-9-16(30-3)13-18(20)23(28-22)27-19-10-8-15(24)12-17(19)21(25)29/h4-13H,2H2,1,3H3,(H2,25,29)(H,26,27,28)/b6-4-,14-7+. The molecule has 7 heteroatoms. The minimum atomic E-state index is -0.757. The second-order valence-corrected chi connectivity index (χ2v) is 6.31. The number of fused-ring (bicyclic) bond motifs is 1. The van der Waals surface area contributed by atoms with Gasteiger partial charge in [0.05, 0.1) is 23.9 Å². The Labute approximate surface area is 173 Å². The van der Waals surface area contributed by atoms with Crippen molar-refractivity contribution in [1.29, 1.82) is 0 Å². The summed E-state index contributed by atoms with van der Waals surface area (Å²) in [6.07, 6.45) is 7.23. The molecule has 0 aliphatic carbocycles. The molecule has 0 aliphatic rings. The SMILES string of the molecule is C=C/C(=C\C=C/C)c1nc(Nc2ccc(F)cc2C(N)=O)c2cc(OC)ccc2n1. The first-order valence-corrected chi connectivity index (χ1v) is 9.14. The van der Waals surface area contributed by atoms with Gasteiger partial charge in [-0.3, -0.25) is 4.79 Å². The molecular weight excluding hydrogens is 383 g/mol. The summed E-state index contributed by atoms with van der Waals surface area (Å²) in [5.41, 5.74) is 7.13. The molecule has 3 N–H and O–H groups in total. The number of benzene rings is 2. The van der Waals surface area contributed by atoms with Crippen molar-refractivity contribution in [3.8, 4) is 5.75 Å². The lowest BCUT2D eigenvalue weighted by Gasteiger charge is -2.14. The highest BCUT2D eigenvalue weighted by atomic mass is 19.1. The average Bonchev–Trinajstić information content (AvgIpc) is 2.75. The molecule has 2 aromatic carbocycles. The summed E-state index contributed by atoms with van der Waals surface area (Å²) in [6.45, 7) is 5.73. The van der Waals surface area contributed by atoms with Crippen molar-refractivity contribution in [1.82, 2.24) is 9.97 Å². The highest BCUT2D eigenvalue weighted by molar-refractivity contribution is 6.01. The number of rotatable bonds is 7. The monoisotopic (exact) mass is 404 g/mol. The predicted octanol–water partition coefficient (Wildman–Crippen LogP) is 4.77. The lowest BCUT2D eigenvalue weighted by atomic mass is 10.1. The van der Waals surface area contributed by atoms with E-state index in [-0.39, 0.29) is 5.56 Å². The summed E-state index contributed by atoms with van der Waals surface area (Å²) in [4.78, 5) is 21.0. The van der Waals surface area contributed by atoms with E-state index in [4.69, 9.17) is 10.5 Å². The smallest absolute Gasteiger partial charge is 0.250 e. The Kier molecular flexibility index (Phi) is 6.22. The zero-order valence-corrected chi connectivity index (χ0v) is 16.6. The lowest BCUT2D eigenvalue weighted by Crippen LogP contribution is -2.14. The van der Waals surface area contributed by atoms with Gasteiger partial charge in [-0.15, -0.1) is 0 Å². The van der Waals surface area contributed by atoms with E-state index in [0.717, 1.165) is 6.07 Å². The molecule has 1 aromatic heterocycles. The zero-order chi connectivity index (χ0) is 21.7. The van der Waals surface area contributed by atoms with Crippen LogP contribution in [0.3, 0.4) is 0 Å². The van der Waals surface area contributed by atoms with Gasteiger partial charge in [-0.2, -0.15) is 0 Å². The first kappa shape index (κ1) is 20.7. The Balaban J connectivity index is 2.23. The first-order chi connectivity index (χ1) is 14.5. The molecule has 152 valence electrons. The van der Waals surface area contributed by atoms with Crippen LogP contribution in [0.25, 0.3) is 16.5 Å². The van der Waals surface area contributed by atoms with Crippen LogP contribution in [0.4, 0.5) is 15.9 Å². The quantitative estimate of drug-likeness (QED) is 0.554. The number of allylic oxidation sites excluding steroid dienone is 5. The normalized spacial score (nSPS) is 11.6. The van der Waals surface area contributed by atoms with Crippen LogP contribution < -0.4 is 15.8 Å². The summed E-state index contributed by atoms with van der Waals surface area (Å²) >= 11 is 0. The Morgan fingerprint density at radius 1 is 1.23 bits per heavy atom. The summed E-state index contributed by atoms with van der Waals surface area (Å²) < 4.78 is 18.9. The van der Waals surface area contributed by atoms with E-state index in [1.807, 2.05) is 25.2 Å². The molecule has 0 aliphatic heterocycles. The van der Waals surface area contributed by atoms with Crippen molar-refractivity contribution in [3.63, 3.8) is 0 Å². The Hall–Kier alpha value is -4.00. The van der Waals surface area contributed by atoms with Crippen LogP contribution in [0.1, 0.15) is 23.1 Å². The van der Waals surface area contributed by atoms with Crippen molar-refractivity contribution in [3.05, 3.63) is 84.5 Å². The number of hydrogen-bond donors (Lipinski definition) is 2. The van der Waals surface area contributed by atoms with E-state index in [0.29, 0.717) is 39.6 Å². The van der Waals surface area contributed by atoms with Crippen LogP contribution in [-0.2, 0) is 0 Å². The van der Waals surface area contributed by atoms with Gasteiger partial charge in [0.25, 0.3) is 5.91 Å². The van der Waals surface area contributed by atoms with Gasteiger partial charge in [0.1, 0.15) is 17.4 Å². The van der Waals surface area contributed by atoms with E-state index in [1.54, 1.807) is 31.4 Å². The van der Waals surface area contributed by atoms with Gasteiger partial charge in [0, 0.05) is 11.0 Å². The van der Waals surface area contributed by atoms with Crippen molar-refractivity contribution in [2.24, 2.45) is 5.73 Å². The molecule has 1 amide bonds. The Bertz CT molecular complexity index is 1190. The van der Waals surface area contributed by atoms with Crippen molar-refractivity contribution in [2.45, 2.75) is 6.92 Å². The number of aromatic nitrogens is 2. The maximum Gasteiger partial charge on any atom is 0.250 e. The maximum absolute atomic E-state index is 13.6. The fourth-order valence-electron chi connectivity index (χ4n) is 2.85. The number of anilines is 2. The van der Waals surface area contributed by atoms with Crippen molar-refractivity contribution in [2.75, 3.05) is 12.4 Å². The number of halogens is 1. The van der Waals surface area contributed by atoms with E-state index in [1.165, 1.54) is 12.1 Å². The third kappa shape index (κ3) is 4.35. The van der Waals surface area contributed by atoms with E-state index in [2.05, 4.69) is 21.9 Å². The van der Waals surface area contributed by atoms with E-state index < -0.39 is 11.7 Å². The minimum absolute atomic E-state index is 0.0135. The molecular formula is C23H21FN4O2. The minimum Gasteiger partial charge on any atom is -0.497 e. The summed E-state index contributed by atoms with van der Waals surface area (Å²) in [5, 5.41) is 3.76. The van der Waals surface area contributed by atoms with Crippen LogP contribution in [0.2, 0.25) is 0 Å². The predicted molar refractivity (Wildman–Crippen MR) is 117 cm³/mol. The maximum atomic E-state index is 13.6. The highest BCUT2D eigenvalue weighted by Crippen LogP contribution is 2.30. The number of ether oxygens (including phenoxy) is 1. The molecule has 0 unspecified atom stereocenters. The molecule has 0 atom stereocenters. The number of amides is 1. The molecule has 0 saturated carbocycles. The number of carbonyl (C=O) groups is 1. The van der Waals surface area contributed by atoms with Gasteiger partial charge >= 0.3 is 0 Å². The number of carbonyl (C=O) groups excluding carboxylic acids is 1. The number of primary amides is 1. The van der Waals surface area contributed by atoms with E-state index >= 15 is 0 Å². The molecule has 0 radical (unpaired) electrons. The number of hydrogen-bond acceptors (Lipinski definition) is 5. The fourth-order valence-corrected chi connectivity index (χ4v) is 2.85. The van der Waals surface area contributed by atoms with Crippen molar-refractivity contribution >= 4 is 33.9 Å². The van der Waals surface area contributed by atoms with Crippen molar-refractivity contribution < 1.29 is 13.9 Å². The summed E-state index contributed by atoms with van der Waals surface area (Å²) in [7, 11) is 1.56. The van der Waals surface area contributed by atoms with Gasteiger partial charge in [-0.25, -0.2) is 14.4 Å². The fraction of sp³-hybridized carbons (Fsp3) is 0.0870. The van der Waals surface area contributed by atoms with Gasteiger partial charge in [-0.05, 0) is 43.3 Å². The van der Waals surface area contributed by atoms with Crippen LogP contribution in [-0.4, -0.2) is 23.0 Å². The lowest BCUT2D eigenvalue weighted by molar-refractivity contribution is 0.100. The molecule has 0 spiro atoms. The molecule has 6 nitrogen and oxygen atoms in total. The molecule has 30 heavy (non-hydrogen) atoms. The van der Waals surface area contributed by atoms with E-state index in [9.17, 15) is 9.18 Å². The van der Waals surface area contributed by atoms with Gasteiger partial charge in [0.2, 0.25) is 0 Å².